The second kappa shape index (κ2) is 6.85. The predicted molar refractivity (Wildman–Crippen MR) is 93.8 cm³/mol. The Morgan fingerprint density at radius 3 is 3.04 bits per heavy atom. The molecule has 3 heterocycles. The fraction of sp³-hybridized carbons (Fsp3) is 0.444. The summed E-state index contributed by atoms with van der Waals surface area (Å²) in [6.45, 7) is 6.26. The fourth-order valence-electron chi connectivity index (χ4n) is 2.90. The van der Waals surface area contributed by atoms with Crippen molar-refractivity contribution in [1.29, 1.82) is 0 Å². The van der Waals surface area contributed by atoms with Gasteiger partial charge in [0.25, 0.3) is 0 Å². The molecule has 0 unspecified atom stereocenters. The Bertz CT molecular complexity index is 857. The summed E-state index contributed by atoms with van der Waals surface area (Å²) in [6.07, 6.45) is 3.84. The minimum absolute atomic E-state index is 0.000538. The van der Waals surface area contributed by atoms with Crippen LogP contribution in [0.1, 0.15) is 19.9 Å². The number of aromatic nitrogens is 4. The first-order chi connectivity index (χ1) is 12.2. The molecule has 0 radical (unpaired) electrons. The molecule has 1 aliphatic rings. The number of hydrogen-bond acceptors (Lipinski definition) is 5. The molecule has 4 rings (SSSR count). The summed E-state index contributed by atoms with van der Waals surface area (Å²) in [5.41, 5.74) is 2.81. The molecule has 1 N–H and O–H groups in total. The molecule has 0 amide bonds. The quantitative estimate of drug-likeness (QED) is 0.680. The smallest absolute Gasteiger partial charge is 0.120 e. The van der Waals surface area contributed by atoms with E-state index in [1.807, 2.05) is 42.2 Å². The molecular weight excluding hydrogens is 320 g/mol. The zero-order valence-corrected chi connectivity index (χ0v) is 14.4. The van der Waals surface area contributed by atoms with Gasteiger partial charge in [0, 0.05) is 17.1 Å². The third-order valence-corrected chi connectivity index (χ3v) is 4.33. The van der Waals surface area contributed by atoms with Crippen molar-refractivity contribution in [2.75, 3.05) is 26.4 Å². The monoisotopic (exact) mass is 342 g/mol. The lowest BCUT2D eigenvalue weighted by atomic mass is 10.1. The lowest BCUT2D eigenvalue weighted by Crippen LogP contribution is -2.21. The third kappa shape index (κ3) is 3.38. The SMILES string of the molecule is C[C@H]1COc2ccc3[nH]nc(c3c2)-c2cnn(c2)[C@@H](C)COCCO1. The third-order valence-electron chi connectivity index (χ3n) is 4.33. The highest BCUT2D eigenvalue weighted by Crippen LogP contribution is 2.29. The largest absolute Gasteiger partial charge is 0.491 e. The maximum Gasteiger partial charge on any atom is 0.120 e. The van der Waals surface area contributed by atoms with E-state index in [2.05, 4.69) is 22.2 Å². The van der Waals surface area contributed by atoms with E-state index in [0.29, 0.717) is 26.4 Å². The molecule has 0 saturated carbocycles. The molecule has 1 aliphatic heterocycles. The zero-order valence-electron chi connectivity index (χ0n) is 14.4. The highest BCUT2D eigenvalue weighted by atomic mass is 16.5. The van der Waals surface area contributed by atoms with E-state index >= 15 is 0 Å². The van der Waals surface area contributed by atoms with Crippen molar-refractivity contribution in [1.82, 2.24) is 20.0 Å². The van der Waals surface area contributed by atoms with Crippen molar-refractivity contribution < 1.29 is 14.2 Å². The molecule has 132 valence electrons. The normalized spacial score (nSPS) is 22.2. The number of nitrogens with one attached hydrogen (secondary N) is 1. The molecule has 0 aliphatic carbocycles. The molecule has 0 spiro atoms. The van der Waals surface area contributed by atoms with Crippen LogP contribution in [0.2, 0.25) is 0 Å². The Labute approximate surface area is 145 Å². The van der Waals surface area contributed by atoms with Crippen molar-refractivity contribution in [3.63, 3.8) is 0 Å². The van der Waals surface area contributed by atoms with Crippen molar-refractivity contribution in [3.8, 4) is 17.0 Å². The average Bonchev–Trinajstić information content (AvgIpc) is 3.25. The topological polar surface area (TPSA) is 74.2 Å². The van der Waals surface area contributed by atoms with Crippen LogP contribution >= 0.6 is 0 Å². The second-order valence-corrected chi connectivity index (χ2v) is 6.40. The first kappa shape index (κ1) is 16.1. The van der Waals surface area contributed by atoms with Gasteiger partial charge in [-0.3, -0.25) is 9.78 Å². The lowest BCUT2D eigenvalue weighted by Gasteiger charge is -2.16. The van der Waals surface area contributed by atoms with Gasteiger partial charge >= 0.3 is 0 Å². The van der Waals surface area contributed by atoms with Gasteiger partial charge in [0.05, 0.1) is 43.7 Å². The van der Waals surface area contributed by atoms with Crippen molar-refractivity contribution in [3.05, 3.63) is 30.6 Å². The van der Waals surface area contributed by atoms with E-state index in [1.165, 1.54) is 0 Å². The summed E-state index contributed by atoms with van der Waals surface area (Å²) >= 11 is 0. The van der Waals surface area contributed by atoms with Gasteiger partial charge in [-0.05, 0) is 32.0 Å². The minimum atomic E-state index is -0.000538. The molecule has 0 fully saturated rings. The molecule has 2 atom stereocenters. The van der Waals surface area contributed by atoms with Crippen LogP contribution in [-0.4, -0.2) is 52.5 Å². The van der Waals surface area contributed by atoms with Gasteiger partial charge in [0.1, 0.15) is 18.1 Å². The number of fused-ring (bicyclic) bond motifs is 4. The zero-order chi connectivity index (χ0) is 17.2. The summed E-state index contributed by atoms with van der Waals surface area (Å²) in [7, 11) is 0. The van der Waals surface area contributed by atoms with Gasteiger partial charge in [-0.2, -0.15) is 10.2 Å². The van der Waals surface area contributed by atoms with Crippen molar-refractivity contribution in [2.45, 2.75) is 26.0 Å². The molecule has 7 nitrogen and oxygen atoms in total. The number of nitrogens with zero attached hydrogens (tertiary/aromatic N) is 3. The highest BCUT2D eigenvalue weighted by Gasteiger charge is 2.14. The number of aromatic amines is 1. The van der Waals surface area contributed by atoms with E-state index in [0.717, 1.165) is 27.9 Å². The lowest BCUT2D eigenvalue weighted by molar-refractivity contribution is -0.0108. The Morgan fingerprint density at radius 2 is 2.12 bits per heavy atom. The number of benzene rings is 1. The van der Waals surface area contributed by atoms with Crippen molar-refractivity contribution in [2.24, 2.45) is 0 Å². The molecular formula is C18H22N4O3. The van der Waals surface area contributed by atoms with Crippen LogP contribution in [0.25, 0.3) is 22.2 Å². The van der Waals surface area contributed by atoms with E-state index in [9.17, 15) is 0 Å². The van der Waals surface area contributed by atoms with Crippen LogP contribution in [0.4, 0.5) is 0 Å². The van der Waals surface area contributed by atoms with Crippen LogP contribution in [0.3, 0.4) is 0 Å². The number of hydrogen-bond donors (Lipinski definition) is 1. The first-order valence-electron chi connectivity index (χ1n) is 8.55. The molecule has 25 heavy (non-hydrogen) atoms. The second-order valence-electron chi connectivity index (χ2n) is 6.40. The number of ether oxygens (including phenoxy) is 3. The van der Waals surface area contributed by atoms with Crippen LogP contribution in [0, 0.1) is 0 Å². The first-order valence-corrected chi connectivity index (χ1v) is 8.55. The van der Waals surface area contributed by atoms with Gasteiger partial charge in [-0.25, -0.2) is 0 Å². The van der Waals surface area contributed by atoms with Gasteiger partial charge in [-0.15, -0.1) is 0 Å². The number of rotatable bonds is 0. The standard InChI is InChI=1S/C18H22N4O3/c1-12-10-23-5-6-24-13(2)11-25-15-3-4-17-16(7-15)18(21-20-17)14-8-19-22(12)9-14/h3-4,7-9,12-13H,5-6,10-11H2,1-2H3,(H,20,21)/t12-,13-/m0/s1. The van der Waals surface area contributed by atoms with Crippen LogP contribution in [-0.2, 0) is 9.47 Å². The van der Waals surface area contributed by atoms with Crippen LogP contribution < -0.4 is 4.74 Å². The van der Waals surface area contributed by atoms with Gasteiger partial charge in [0.2, 0.25) is 0 Å². The Morgan fingerprint density at radius 1 is 1.20 bits per heavy atom. The Hall–Kier alpha value is -2.38. The summed E-state index contributed by atoms with van der Waals surface area (Å²) in [6, 6.07) is 6.07. The van der Waals surface area contributed by atoms with E-state index in [1.54, 1.807) is 0 Å². The van der Waals surface area contributed by atoms with Gasteiger partial charge in [-0.1, -0.05) is 0 Å². The van der Waals surface area contributed by atoms with Crippen LogP contribution in [0.15, 0.2) is 30.6 Å². The molecule has 1 aromatic carbocycles. The Balaban J connectivity index is 1.72. The fourth-order valence-corrected chi connectivity index (χ4v) is 2.90. The van der Waals surface area contributed by atoms with E-state index < -0.39 is 0 Å². The molecule has 2 aromatic heterocycles. The van der Waals surface area contributed by atoms with E-state index in [4.69, 9.17) is 14.2 Å². The molecule has 7 heteroatoms. The summed E-state index contributed by atoms with van der Waals surface area (Å²) in [5, 5.41) is 13.0. The van der Waals surface area contributed by atoms with Crippen LogP contribution in [0.5, 0.6) is 5.75 Å². The highest BCUT2D eigenvalue weighted by molar-refractivity contribution is 5.93. The summed E-state index contributed by atoms with van der Waals surface area (Å²) in [5.74, 6) is 0.801. The summed E-state index contributed by atoms with van der Waals surface area (Å²) < 4.78 is 19.2. The summed E-state index contributed by atoms with van der Waals surface area (Å²) in [4.78, 5) is 0. The van der Waals surface area contributed by atoms with Gasteiger partial charge < -0.3 is 14.2 Å². The molecule has 3 aromatic rings. The number of H-pyrrole nitrogens is 1. The van der Waals surface area contributed by atoms with E-state index in [-0.39, 0.29) is 12.1 Å². The molecule has 0 saturated heterocycles. The Kier molecular flexibility index (Phi) is 4.42. The maximum absolute atomic E-state index is 5.87. The van der Waals surface area contributed by atoms with Gasteiger partial charge in [0.15, 0.2) is 0 Å². The average molecular weight is 342 g/mol. The molecule has 4 bridgehead atoms. The van der Waals surface area contributed by atoms with Crippen molar-refractivity contribution >= 4 is 10.9 Å². The maximum atomic E-state index is 5.87. The minimum Gasteiger partial charge on any atom is -0.491 e. The predicted octanol–water partition coefficient (Wildman–Crippen LogP) is 2.80.